The van der Waals surface area contributed by atoms with E-state index in [9.17, 15) is 9.59 Å². The van der Waals surface area contributed by atoms with Crippen LogP contribution in [-0.2, 0) is 26.7 Å². The molecule has 0 saturated heterocycles. The monoisotopic (exact) mass is 805 g/mol. The number of ketones is 2. The van der Waals surface area contributed by atoms with Crippen molar-refractivity contribution in [2.45, 2.75) is 53.8 Å². The molecule has 8 nitrogen and oxygen atoms in total. The second-order valence-electron chi connectivity index (χ2n) is 11.2. The molecule has 0 fully saturated rings. The second kappa shape index (κ2) is 18.2. The number of ether oxygens (including phenoxy) is 2. The summed E-state index contributed by atoms with van der Waals surface area (Å²) in [4.78, 5) is 41.8. The maximum atomic E-state index is 12.5. The van der Waals surface area contributed by atoms with Gasteiger partial charge >= 0.3 is 17.1 Å². The van der Waals surface area contributed by atoms with Crippen LogP contribution in [-0.4, -0.2) is 61.0 Å². The van der Waals surface area contributed by atoms with Gasteiger partial charge in [0.15, 0.2) is 23.2 Å². The third-order valence-corrected chi connectivity index (χ3v) is 6.73. The van der Waals surface area contributed by atoms with E-state index in [1.165, 1.54) is 0 Å². The summed E-state index contributed by atoms with van der Waals surface area (Å²) in [7, 11) is 0. The predicted molar refractivity (Wildman–Crippen MR) is 168 cm³/mol. The van der Waals surface area contributed by atoms with E-state index >= 15 is 0 Å². The first kappa shape index (κ1) is 41.1. The molecule has 13 heteroatoms. The molecule has 0 amide bonds. The molecule has 0 bridgehead atoms. The maximum Gasteiger partial charge on any atom is 2.00 e. The molecule has 0 aliphatic carbocycles. The molecule has 2 unspecified atom stereocenters. The molecule has 2 aliphatic heterocycles. The van der Waals surface area contributed by atoms with Crippen molar-refractivity contribution in [2.24, 2.45) is 30.8 Å². The summed E-state index contributed by atoms with van der Waals surface area (Å²) in [5.74, 6) is 2.10. The summed E-state index contributed by atoms with van der Waals surface area (Å²) in [6.45, 7) is 12.2. The fraction of sp³-hybridized carbons (Fsp3) is 0.400. The first-order chi connectivity index (χ1) is 18.8. The molecule has 2 heterocycles. The van der Waals surface area contributed by atoms with Crippen molar-refractivity contribution in [3.8, 4) is 11.5 Å². The number of amidine groups is 2. The Morgan fingerprint density at radius 2 is 0.953 bits per heavy atom. The van der Waals surface area contributed by atoms with Gasteiger partial charge in [-0.2, -0.15) is 0 Å². The van der Waals surface area contributed by atoms with Gasteiger partial charge in [-0.15, -0.1) is 0 Å². The fourth-order valence-corrected chi connectivity index (χ4v) is 3.98. The number of aliphatic imine (C=N–C) groups is 4. The van der Waals surface area contributed by atoms with Crippen molar-refractivity contribution in [1.82, 2.24) is 0 Å². The molecule has 0 N–H and O–H groups in total. The Hall–Kier alpha value is -1.88. The molecule has 237 valence electrons. The van der Waals surface area contributed by atoms with E-state index in [1.807, 2.05) is 90.1 Å². The van der Waals surface area contributed by atoms with E-state index in [1.54, 1.807) is 12.4 Å². The topological polar surface area (TPSA) is 102 Å². The van der Waals surface area contributed by atoms with Crippen molar-refractivity contribution < 1.29 is 60.9 Å². The smallest absolute Gasteiger partial charge is 1.00 e. The van der Waals surface area contributed by atoms with Crippen molar-refractivity contribution in [2.75, 3.05) is 13.1 Å². The van der Waals surface area contributed by atoms with Gasteiger partial charge < -0.3 is 34.3 Å². The van der Waals surface area contributed by atoms with Crippen LogP contribution in [0.1, 0.15) is 41.5 Å². The molecule has 0 aromatic heterocycles. The second-order valence-corrected chi connectivity index (χ2v) is 13.0. The average Bonchev–Trinajstić information content (AvgIpc) is 3.62. The van der Waals surface area contributed by atoms with E-state index in [0.717, 1.165) is 8.95 Å². The number of hydrogen-bond donors (Lipinski definition) is 0. The molecule has 2 aromatic rings. The van der Waals surface area contributed by atoms with Crippen molar-refractivity contribution >= 4 is 67.5 Å². The Balaban J connectivity index is 0.000000767. The van der Waals surface area contributed by atoms with Crippen LogP contribution in [0, 0.1) is 10.8 Å². The third-order valence-electron chi connectivity index (χ3n) is 5.68. The number of Topliss-reactive ketones (excluding diaryl/α,β-unsaturated/α-hetero) is 2. The molecule has 2 aromatic carbocycles. The number of halogens is 4. The summed E-state index contributed by atoms with van der Waals surface area (Å²) < 4.78 is 13.6. The van der Waals surface area contributed by atoms with Gasteiger partial charge in [-0.1, -0.05) is 73.4 Å². The Labute approximate surface area is 293 Å². The van der Waals surface area contributed by atoms with Crippen LogP contribution < -0.4 is 34.3 Å². The predicted octanol–water partition coefficient (Wildman–Crippen LogP) is 0.595. The Bertz CT molecular complexity index is 1230. The molecular formula is C30H34Br2Cl2CuN4O4. The molecule has 2 atom stereocenters. The molecule has 1 radical (unpaired) electrons. The molecule has 0 saturated carbocycles. The van der Waals surface area contributed by atoms with Gasteiger partial charge in [-0.25, -0.2) is 9.98 Å². The standard InChI is InChI=1S/2C15H17BrN2O2.2ClH.Cu/c2*1-15(2,3)13(19)12(14-17-8-9-18-14)20-11-6-4-10(16)5-7-11;;;/h2*4-8,12H,9H2,1-3H3;2*1H;/q;;;;+2/p-2. The Kier molecular flexibility index (Phi) is 17.4. The van der Waals surface area contributed by atoms with Crippen LogP contribution in [0.3, 0.4) is 0 Å². The maximum absolute atomic E-state index is 12.5. The first-order valence-corrected chi connectivity index (χ1v) is 14.4. The number of carbonyl (C=O) groups excluding carboxylic acids is 2. The molecular weight excluding hydrogens is 775 g/mol. The van der Waals surface area contributed by atoms with Crippen molar-refractivity contribution in [3.05, 3.63) is 57.5 Å². The van der Waals surface area contributed by atoms with Crippen LogP contribution in [0.5, 0.6) is 11.5 Å². The normalized spacial score (nSPS) is 14.8. The fourth-order valence-electron chi connectivity index (χ4n) is 3.45. The van der Waals surface area contributed by atoms with Gasteiger partial charge in [-0.05, 0) is 48.5 Å². The van der Waals surface area contributed by atoms with Gasteiger partial charge in [0.2, 0.25) is 12.2 Å². The van der Waals surface area contributed by atoms with Gasteiger partial charge in [-0.3, -0.25) is 19.6 Å². The summed E-state index contributed by atoms with van der Waals surface area (Å²) in [6.07, 6.45) is 1.86. The molecule has 43 heavy (non-hydrogen) atoms. The zero-order valence-electron chi connectivity index (χ0n) is 24.6. The number of benzene rings is 2. The zero-order valence-corrected chi connectivity index (χ0v) is 30.2. The van der Waals surface area contributed by atoms with E-state index in [4.69, 9.17) is 9.47 Å². The quantitative estimate of drug-likeness (QED) is 0.365. The molecule has 2 aliphatic rings. The van der Waals surface area contributed by atoms with Crippen molar-refractivity contribution in [1.29, 1.82) is 0 Å². The number of hydrogen-bond acceptors (Lipinski definition) is 8. The number of nitrogens with zero attached hydrogens (tertiary/aromatic N) is 4. The summed E-state index contributed by atoms with van der Waals surface area (Å²) >= 11 is 6.74. The summed E-state index contributed by atoms with van der Waals surface area (Å²) in [5, 5.41) is 0. The van der Waals surface area contributed by atoms with E-state index in [2.05, 4.69) is 51.8 Å². The summed E-state index contributed by atoms with van der Waals surface area (Å²) in [5.41, 5.74) is -1.03. The molecule has 4 rings (SSSR count). The van der Waals surface area contributed by atoms with Gasteiger partial charge in [0.1, 0.15) is 11.5 Å². The van der Waals surface area contributed by atoms with Crippen LogP contribution in [0.2, 0.25) is 0 Å². The van der Waals surface area contributed by atoms with Crippen LogP contribution in [0.25, 0.3) is 0 Å². The minimum absolute atomic E-state index is 0. The zero-order chi connectivity index (χ0) is 29.5. The summed E-state index contributed by atoms with van der Waals surface area (Å²) in [6, 6.07) is 14.7. The third kappa shape index (κ3) is 12.6. The molecule has 0 spiro atoms. The SMILES string of the molecule is CC(C)(C)C(=O)C(Oc1ccc(Br)cc1)C1=NCC=N1.CC(C)(C)C(=O)C(Oc1ccc(Br)cc1)C1=NCC=N1.[Cl-].[Cl-].[Cu+2]. The average molecular weight is 809 g/mol. The minimum atomic E-state index is -0.755. The Morgan fingerprint density at radius 3 is 1.19 bits per heavy atom. The van der Waals surface area contributed by atoms with Gasteiger partial charge in [0, 0.05) is 32.2 Å². The van der Waals surface area contributed by atoms with E-state index in [0.29, 0.717) is 36.3 Å². The number of rotatable bonds is 8. The van der Waals surface area contributed by atoms with Crippen molar-refractivity contribution in [3.63, 3.8) is 0 Å². The van der Waals surface area contributed by atoms with Gasteiger partial charge in [0.05, 0.1) is 13.1 Å². The minimum Gasteiger partial charge on any atom is -1.00 e. The Morgan fingerprint density at radius 1 is 0.651 bits per heavy atom. The van der Waals surface area contributed by atoms with Crippen LogP contribution in [0.15, 0.2) is 77.4 Å². The van der Waals surface area contributed by atoms with E-state index < -0.39 is 23.0 Å². The van der Waals surface area contributed by atoms with Crippen LogP contribution in [0.4, 0.5) is 0 Å². The first-order valence-electron chi connectivity index (χ1n) is 12.8. The number of carbonyl (C=O) groups is 2. The van der Waals surface area contributed by atoms with Gasteiger partial charge in [0.25, 0.3) is 0 Å². The van der Waals surface area contributed by atoms with E-state index in [-0.39, 0.29) is 53.4 Å². The van der Waals surface area contributed by atoms with Crippen LogP contribution >= 0.6 is 31.9 Å². The largest absolute Gasteiger partial charge is 2.00 e.